The summed E-state index contributed by atoms with van der Waals surface area (Å²) in [6.45, 7) is 1.53. The number of nitrogens with zero attached hydrogens (tertiary/aromatic N) is 3. The normalized spacial score (nSPS) is 21.3. The Bertz CT molecular complexity index is 902. The van der Waals surface area contributed by atoms with Crippen LogP contribution < -0.4 is 9.64 Å². The van der Waals surface area contributed by atoms with Crippen molar-refractivity contribution < 1.29 is 32.5 Å². The maximum atomic E-state index is 12.8. The highest BCUT2D eigenvalue weighted by Crippen LogP contribution is 2.32. The molecular formula is C21H22F3N3O4. The number of carboxylic acids is 1. The van der Waals surface area contributed by atoms with E-state index in [9.17, 15) is 18.0 Å². The van der Waals surface area contributed by atoms with E-state index in [0.717, 1.165) is 12.1 Å². The van der Waals surface area contributed by atoms with E-state index in [2.05, 4.69) is 9.97 Å². The van der Waals surface area contributed by atoms with E-state index in [-0.39, 0.29) is 17.7 Å². The molecule has 0 amide bonds. The molecule has 1 saturated heterocycles. The molecule has 10 heteroatoms. The number of hydrogen-bond donors (Lipinski definition) is 1. The summed E-state index contributed by atoms with van der Waals surface area (Å²) >= 11 is 0. The fourth-order valence-corrected chi connectivity index (χ4v) is 3.51. The van der Waals surface area contributed by atoms with Crippen molar-refractivity contribution in [3.05, 3.63) is 47.8 Å². The molecule has 0 spiro atoms. The summed E-state index contributed by atoms with van der Waals surface area (Å²) in [7, 11) is 0. The van der Waals surface area contributed by atoms with Crippen LogP contribution >= 0.6 is 0 Å². The second-order valence-electron chi connectivity index (χ2n) is 7.86. The van der Waals surface area contributed by atoms with Crippen LogP contribution in [0, 0.1) is 5.92 Å². The molecule has 31 heavy (non-hydrogen) atoms. The van der Waals surface area contributed by atoms with Crippen molar-refractivity contribution in [3.8, 4) is 5.75 Å². The Morgan fingerprint density at radius 3 is 2.39 bits per heavy atom. The molecule has 1 aromatic carbocycles. The van der Waals surface area contributed by atoms with E-state index in [4.69, 9.17) is 14.6 Å². The molecule has 166 valence electrons. The predicted octanol–water partition coefficient (Wildman–Crippen LogP) is 3.65. The lowest BCUT2D eigenvalue weighted by Gasteiger charge is -2.24. The molecule has 1 saturated carbocycles. The van der Waals surface area contributed by atoms with Gasteiger partial charge in [0.15, 0.2) is 0 Å². The van der Waals surface area contributed by atoms with Crippen molar-refractivity contribution in [1.29, 1.82) is 0 Å². The van der Waals surface area contributed by atoms with Crippen LogP contribution in [0.1, 0.15) is 35.2 Å². The van der Waals surface area contributed by atoms with Crippen molar-refractivity contribution in [2.45, 2.75) is 37.6 Å². The minimum absolute atomic E-state index is 0.0120. The van der Waals surface area contributed by atoms with Crippen molar-refractivity contribution in [2.75, 3.05) is 24.7 Å². The van der Waals surface area contributed by atoms with Crippen LogP contribution in [-0.2, 0) is 10.9 Å². The van der Waals surface area contributed by atoms with Gasteiger partial charge in [0.25, 0.3) is 0 Å². The first kappa shape index (κ1) is 21.4. The van der Waals surface area contributed by atoms with E-state index in [1.165, 1.54) is 37.4 Å². The van der Waals surface area contributed by atoms with E-state index < -0.39 is 17.7 Å². The minimum atomic E-state index is -4.40. The lowest BCUT2D eigenvalue weighted by atomic mass is 10.2. The van der Waals surface area contributed by atoms with E-state index >= 15 is 0 Å². The maximum Gasteiger partial charge on any atom is 0.416 e. The van der Waals surface area contributed by atoms with Gasteiger partial charge in [0, 0.05) is 25.4 Å². The lowest BCUT2D eigenvalue weighted by molar-refractivity contribution is -0.137. The SMILES string of the molecule is O=C(O)c1cnc(N2C[C@H](Oc3ccc(C(F)(F)F)cc3)C[C@H]2COCC2CC2)nc1. The van der Waals surface area contributed by atoms with Gasteiger partial charge in [-0.15, -0.1) is 0 Å². The van der Waals surface area contributed by atoms with Crippen molar-refractivity contribution >= 4 is 11.9 Å². The molecule has 7 nitrogen and oxygen atoms in total. The van der Waals surface area contributed by atoms with Crippen LogP contribution in [0.15, 0.2) is 36.7 Å². The largest absolute Gasteiger partial charge is 0.489 e. The monoisotopic (exact) mass is 437 g/mol. The molecule has 2 fully saturated rings. The third-order valence-corrected chi connectivity index (χ3v) is 5.36. The molecule has 4 rings (SSSR count). The fourth-order valence-electron chi connectivity index (χ4n) is 3.51. The van der Waals surface area contributed by atoms with Crippen LogP contribution in [0.25, 0.3) is 0 Å². The maximum absolute atomic E-state index is 12.8. The Morgan fingerprint density at radius 2 is 1.81 bits per heavy atom. The molecule has 0 unspecified atom stereocenters. The molecule has 1 aliphatic heterocycles. The molecule has 2 aliphatic rings. The molecule has 2 heterocycles. The number of carboxylic acid groups (broad SMARTS) is 1. The molecule has 2 atom stereocenters. The Kier molecular flexibility index (Phi) is 5.99. The molecule has 1 aromatic heterocycles. The molecular weight excluding hydrogens is 415 g/mol. The summed E-state index contributed by atoms with van der Waals surface area (Å²) in [5, 5.41) is 9.04. The number of alkyl halides is 3. The van der Waals surface area contributed by atoms with E-state index in [1.54, 1.807) is 0 Å². The second-order valence-corrected chi connectivity index (χ2v) is 7.86. The first-order valence-corrected chi connectivity index (χ1v) is 10.0. The number of benzene rings is 1. The van der Waals surface area contributed by atoms with Crippen LogP contribution in [0.3, 0.4) is 0 Å². The number of ether oxygens (including phenoxy) is 2. The number of rotatable bonds is 8. The number of aromatic nitrogens is 2. The zero-order valence-electron chi connectivity index (χ0n) is 16.6. The summed E-state index contributed by atoms with van der Waals surface area (Å²) in [4.78, 5) is 21.3. The molecule has 0 radical (unpaired) electrons. The number of anilines is 1. The highest BCUT2D eigenvalue weighted by Gasteiger charge is 2.36. The predicted molar refractivity (Wildman–Crippen MR) is 104 cm³/mol. The fraction of sp³-hybridized carbons (Fsp3) is 0.476. The first-order chi connectivity index (χ1) is 14.8. The van der Waals surface area contributed by atoms with Gasteiger partial charge in [-0.1, -0.05) is 0 Å². The van der Waals surface area contributed by atoms with E-state index in [1.807, 2.05) is 4.90 Å². The average Bonchev–Trinajstić information content (AvgIpc) is 3.47. The van der Waals surface area contributed by atoms with Gasteiger partial charge in [0.05, 0.1) is 30.3 Å². The lowest BCUT2D eigenvalue weighted by Crippen LogP contribution is -2.35. The Balaban J connectivity index is 1.44. The highest BCUT2D eigenvalue weighted by molar-refractivity contribution is 5.86. The minimum Gasteiger partial charge on any atom is -0.489 e. The third kappa shape index (κ3) is 5.43. The van der Waals surface area contributed by atoms with Gasteiger partial charge in [-0.05, 0) is 43.0 Å². The van der Waals surface area contributed by atoms with Crippen molar-refractivity contribution in [3.63, 3.8) is 0 Å². The zero-order chi connectivity index (χ0) is 22.0. The van der Waals surface area contributed by atoms with Gasteiger partial charge in [0.2, 0.25) is 5.95 Å². The molecule has 1 aliphatic carbocycles. The zero-order valence-corrected chi connectivity index (χ0v) is 16.6. The Morgan fingerprint density at radius 1 is 1.13 bits per heavy atom. The summed E-state index contributed by atoms with van der Waals surface area (Å²) < 4.78 is 50.0. The quantitative estimate of drug-likeness (QED) is 0.675. The number of carbonyl (C=O) groups is 1. The van der Waals surface area contributed by atoms with Gasteiger partial charge in [0.1, 0.15) is 11.9 Å². The standard InChI is InChI=1S/C21H22F3N3O4/c22-21(23,24)15-3-5-17(6-4-15)31-18-7-16(12-30-11-13-1-2-13)27(10-18)20-25-8-14(9-26-20)19(28)29/h3-6,8-9,13,16,18H,1-2,7,10-12H2,(H,28,29)/t16-,18+/m0/s1. The van der Waals surface area contributed by atoms with Crippen LogP contribution in [0.4, 0.5) is 19.1 Å². The topological polar surface area (TPSA) is 84.8 Å². The number of hydrogen-bond acceptors (Lipinski definition) is 6. The molecule has 2 aromatic rings. The van der Waals surface area contributed by atoms with Gasteiger partial charge < -0.3 is 19.5 Å². The van der Waals surface area contributed by atoms with Crippen LogP contribution in [-0.4, -0.2) is 52.9 Å². The van der Waals surface area contributed by atoms with E-state index in [0.29, 0.717) is 43.8 Å². The average molecular weight is 437 g/mol. The second kappa shape index (κ2) is 8.70. The van der Waals surface area contributed by atoms with Crippen molar-refractivity contribution in [2.24, 2.45) is 5.92 Å². The van der Waals surface area contributed by atoms with Gasteiger partial charge in [-0.25, -0.2) is 14.8 Å². The Labute approximate surface area is 176 Å². The van der Waals surface area contributed by atoms with Crippen LogP contribution in [0.2, 0.25) is 0 Å². The summed E-state index contributed by atoms with van der Waals surface area (Å²) in [5.41, 5.74) is -0.742. The Hall–Kier alpha value is -2.88. The van der Waals surface area contributed by atoms with Gasteiger partial charge >= 0.3 is 12.1 Å². The summed E-state index contributed by atoms with van der Waals surface area (Å²) in [6.07, 6.45) is 0.728. The van der Waals surface area contributed by atoms with Gasteiger partial charge in [-0.2, -0.15) is 13.2 Å². The number of aromatic carboxylic acids is 1. The molecule has 1 N–H and O–H groups in total. The summed E-state index contributed by atoms with van der Waals surface area (Å²) in [6, 6.07) is 4.51. The molecule has 0 bridgehead atoms. The smallest absolute Gasteiger partial charge is 0.416 e. The van der Waals surface area contributed by atoms with Crippen LogP contribution in [0.5, 0.6) is 5.75 Å². The van der Waals surface area contributed by atoms with Crippen molar-refractivity contribution in [1.82, 2.24) is 9.97 Å². The number of halogens is 3. The summed E-state index contributed by atoms with van der Waals surface area (Å²) in [5.74, 6) is 0.212. The van der Waals surface area contributed by atoms with Gasteiger partial charge in [-0.3, -0.25) is 0 Å². The first-order valence-electron chi connectivity index (χ1n) is 10.0. The third-order valence-electron chi connectivity index (χ3n) is 5.36. The highest BCUT2D eigenvalue weighted by atomic mass is 19.4.